The van der Waals surface area contributed by atoms with Crippen LogP contribution in [0.1, 0.15) is 51.9 Å². The standard InChI is InChI=1S/C14H26N2O.ClH/c1-11-10-12(8-9-15-11)14(17)16(2)13-6-4-3-5-7-13;/h11-13,15H,3-10H2,1-2H3;1H/t11-,12-;/m0./s1. The van der Waals surface area contributed by atoms with Crippen molar-refractivity contribution in [1.82, 2.24) is 10.2 Å². The summed E-state index contributed by atoms with van der Waals surface area (Å²) in [6, 6.07) is 1.01. The number of amides is 1. The van der Waals surface area contributed by atoms with E-state index in [0.717, 1.165) is 19.4 Å². The molecule has 1 amide bonds. The molecule has 1 saturated carbocycles. The first-order valence-corrected chi connectivity index (χ1v) is 7.18. The molecule has 0 spiro atoms. The van der Waals surface area contributed by atoms with Gasteiger partial charge in [0.25, 0.3) is 0 Å². The maximum absolute atomic E-state index is 12.4. The van der Waals surface area contributed by atoms with Gasteiger partial charge >= 0.3 is 0 Å². The highest BCUT2D eigenvalue weighted by Crippen LogP contribution is 2.25. The lowest BCUT2D eigenvalue weighted by Crippen LogP contribution is -2.46. The van der Waals surface area contributed by atoms with Gasteiger partial charge in [-0.1, -0.05) is 19.3 Å². The highest BCUT2D eigenvalue weighted by Gasteiger charge is 2.30. The van der Waals surface area contributed by atoms with E-state index in [4.69, 9.17) is 0 Å². The minimum atomic E-state index is 0. The molecule has 1 N–H and O–H groups in total. The molecule has 2 fully saturated rings. The molecule has 2 rings (SSSR count). The lowest BCUT2D eigenvalue weighted by Gasteiger charge is -2.36. The molecule has 1 aliphatic heterocycles. The summed E-state index contributed by atoms with van der Waals surface area (Å²) in [5.74, 6) is 0.656. The van der Waals surface area contributed by atoms with E-state index in [0.29, 0.717) is 18.0 Å². The van der Waals surface area contributed by atoms with Crippen molar-refractivity contribution in [3.05, 3.63) is 0 Å². The number of rotatable bonds is 2. The Bertz CT molecular complexity index is 267. The first-order chi connectivity index (χ1) is 8.18. The largest absolute Gasteiger partial charge is 0.343 e. The summed E-state index contributed by atoms with van der Waals surface area (Å²) in [4.78, 5) is 14.5. The minimum Gasteiger partial charge on any atom is -0.343 e. The minimum absolute atomic E-state index is 0. The highest BCUT2D eigenvalue weighted by atomic mass is 35.5. The van der Waals surface area contributed by atoms with Crippen LogP contribution in [0.4, 0.5) is 0 Å². The third-order valence-electron chi connectivity index (χ3n) is 4.44. The van der Waals surface area contributed by atoms with E-state index in [1.165, 1.54) is 32.1 Å². The molecule has 1 heterocycles. The first kappa shape index (κ1) is 15.8. The first-order valence-electron chi connectivity index (χ1n) is 7.18. The zero-order chi connectivity index (χ0) is 12.3. The van der Waals surface area contributed by atoms with Gasteiger partial charge in [0.15, 0.2) is 0 Å². The molecule has 0 aromatic rings. The van der Waals surface area contributed by atoms with Gasteiger partial charge in [0.1, 0.15) is 0 Å². The highest BCUT2D eigenvalue weighted by molar-refractivity contribution is 5.85. The van der Waals surface area contributed by atoms with Gasteiger partial charge in [-0.15, -0.1) is 12.4 Å². The molecule has 1 aliphatic carbocycles. The SMILES string of the molecule is C[C@H]1C[C@@H](C(=O)N(C)C2CCCCC2)CCN1.Cl. The van der Waals surface area contributed by atoms with Crippen LogP contribution in [-0.4, -0.2) is 36.5 Å². The normalized spacial score (nSPS) is 29.4. The van der Waals surface area contributed by atoms with Crippen molar-refractivity contribution in [3.63, 3.8) is 0 Å². The second kappa shape index (κ2) is 7.34. The molecule has 0 unspecified atom stereocenters. The predicted octanol–water partition coefficient (Wildman–Crippen LogP) is 2.59. The molecule has 18 heavy (non-hydrogen) atoms. The fraction of sp³-hybridized carbons (Fsp3) is 0.929. The summed E-state index contributed by atoms with van der Waals surface area (Å²) >= 11 is 0. The second-order valence-electron chi connectivity index (χ2n) is 5.82. The second-order valence-corrected chi connectivity index (χ2v) is 5.82. The Morgan fingerprint density at radius 2 is 1.83 bits per heavy atom. The van der Waals surface area contributed by atoms with Gasteiger partial charge in [-0.3, -0.25) is 4.79 Å². The van der Waals surface area contributed by atoms with E-state index in [9.17, 15) is 4.79 Å². The number of carbonyl (C=O) groups is 1. The third-order valence-corrected chi connectivity index (χ3v) is 4.44. The summed E-state index contributed by atoms with van der Waals surface area (Å²) in [5, 5.41) is 3.41. The monoisotopic (exact) mass is 274 g/mol. The van der Waals surface area contributed by atoms with Crippen LogP contribution >= 0.6 is 12.4 Å². The Morgan fingerprint density at radius 1 is 1.17 bits per heavy atom. The van der Waals surface area contributed by atoms with Crippen LogP contribution in [0.25, 0.3) is 0 Å². The number of hydrogen-bond donors (Lipinski definition) is 1. The molecule has 2 atom stereocenters. The lowest BCUT2D eigenvalue weighted by atomic mass is 9.89. The van der Waals surface area contributed by atoms with E-state index in [1.807, 2.05) is 7.05 Å². The molecular formula is C14H27ClN2O. The van der Waals surface area contributed by atoms with Gasteiger partial charge in [-0.25, -0.2) is 0 Å². The molecular weight excluding hydrogens is 248 g/mol. The molecule has 0 bridgehead atoms. The zero-order valence-electron chi connectivity index (χ0n) is 11.7. The topological polar surface area (TPSA) is 32.3 Å². The summed E-state index contributed by atoms with van der Waals surface area (Å²) in [7, 11) is 2.02. The van der Waals surface area contributed by atoms with E-state index < -0.39 is 0 Å². The van der Waals surface area contributed by atoms with Crippen LogP contribution in [-0.2, 0) is 4.79 Å². The zero-order valence-corrected chi connectivity index (χ0v) is 12.5. The quantitative estimate of drug-likeness (QED) is 0.839. The Morgan fingerprint density at radius 3 is 2.44 bits per heavy atom. The van der Waals surface area contributed by atoms with Gasteiger partial charge in [0.2, 0.25) is 5.91 Å². The van der Waals surface area contributed by atoms with Crippen molar-refractivity contribution in [2.45, 2.75) is 64.0 Å². The van der Waals surface area contributed by atoms with Gasteiger partial charge in [-0.05, 0) is 39.2 Å². The number of carbonyl (C=O) groups excluding carboxylic acids is 1. The summed E-state index contributed by atoms with van der Waals surface area (Å²) in [5.41, 5.74) is 0. The van der Waals surface area contributed by atoms with Crippen molar-refractivity contribution in [1.29, 1.82) is 0 Å². The fourth-order valence-corrected chi connectivity index (χ4v) is 3.29. The number of nitrogens with one attached hydrogen (secondary N) is 1. The number of hydrogen-bond acceptors (Lipinski definition) is 2. The molecule has 0 radical (unpaired) electrons. The van der Waals surface area contributed by atoms with E-state index in [-0.39, 0.29) is 18.3 Å². The maximum Gasteiger partial charge on any atom is 0.225 e. The third kappa shape index (κ3) is 3.86. The van der Waals surface area contributed by atoms with Crippen LogP contribution in [0, 0.1) is 5.92 Å². The predicted molar refractivity (Wildman–Crippen MR) is 77.1 cm³/mol. The smallest absolute Gasteiger partial charge is 0.225 e. The van der Waals surface area contributed by atoms with Crippen LogP contribution in [0.2, 0.25) is 0 Å². The molecule has 2 aliphatic rings. The molecule has 106 valence electrons. The molecule has 0 aromatic heterocycles. The number of nitrogens with zero attached hydrogens (tertiary/aromatic N) is 1. The van der Waals surface area contributed by atoms with Crippen LogP contribution < -0.4 is 5.32 Å². The van der Waals surface area contributed by atoms with Gasteiger partial charge in [0.05, 0.1) is 0 Å². The van der Waals surface area contributed by atoms with Crippen molar-refractivity contribution in [2.75, 3.05) is 13.6 Å². The van der Waals surface area contributed by atoms with Crippen molar-refractivity contribution in [2.24, 2.45) is 5.92 Å². The van der Waals surface area contributed by atoms with Gasteiger partial charge in [-0.2, -0.15) is 0 Å². The Balaban J connectivity index is 0.00000162. The summed E-state index contributed by atoms with van der Waals surface area (Å²) < 4.78 is 0. The number of piperidine rings is 1. The maximum atomic E-state index is 12.4. The Kier molecular flexibility index (Phi) is 6.44. The molecule has 1 saturated heterocycles. The van der Waals surface area contributed by atoms with E-state index in [1.54, 1.807) is 0 Å². The van der Waals surface area contributed by atoms with Crippen molar-refractivity contribution < 1.29 is 4.79 Å². The van der Waals surface area contributed by atoms with Crippen LogP contribution in [0.3, 0.4) is 0 Å². The van der Waals surface area contributed by atoms with Gasteiger partial charge < -0.3 is 10.2 Å². The molecule has 3 nitrogen and oxygen atoms in total. The molecule has 4 heteroatoms. The van der Waals surface area contributed by atoms with E-state index in [2.05, 4.69) is 17.1 Å². The molecule has 0 aromatic carbocycles. The summed E-state index contributed by atoms with van der Waals surface area (Å²) in [6.45, 7) is 3.18. The van der Waals surface area contributed by atoms with Crippen LogP contribution in [0.15, 0.2) is 0 Å². The average molecular weight is 275 g/mol. The van der Waals surface area contributed by atoms with Crippen molar-refractivity contribution >= 4 is 18.3 Å². The fourth-order valence-electron chi connectivity index (χ4n) is 3.29. The number of halogens is 1. The lowest BCUT2D eigenvalue weighted by molar-refractivity contribution is -0.138. The Labute approximate surface area is 117 Å². The summed E-state index contributed by atoms with van der Waals surface area (Å²) in [6.07, 6.45) is 8.39. The van der Waals surface area contributed by atoms with Crippen LogP contribution in [0.5, 0.6) is 0 Å². The van der Waals surface area contributed by atoms with Gasteiger partial charge in [0, 0.05) is 25.0 Å². The van der Waals surface area contributed by atoms with Crippen molar-refractivity contribution in [3.8, 4) is 0 Å². The Hall–Kier alpha value is -0.280. The average Bonchev–Trinajstić information content (AvgIpc) is 2.38. The van der Waals surface area contributed by atoms with E-state index >= 15 is 0 Å².